The van der Waals surface area contributed by atoms with E-state index in [9.17, 15) is 0 Å². The zero-order chi connectivity index (χ0) is 7.40. The molecular weight excluding hydrogens is 130 g/mol. The average Bonchev–Trinajstić information content (AvgIpc) is 2.14. The molecule has 60 valence electrons. The lowest BCUT2D eigenvalue weighted by molar-refractivity contribution is 0.245. The number of hydrogen-bond acceptors (Lipinski definition) is 4. The fourth-order valence-corrected chi connectivity index (χ4v) is 1.03. The summed E-state index contributed by atoms with van der Waals surface area (Å²) in [4.78, 5) is 0. The molecule has 0 bridgehead atoms. The van der Waals surface area contributed by atoms with Crippen LogP contribution < -0.4 is 16.4 Å². The van der Waals surface area contributed by atoms with Crippen molar-refractivity contribution in [3.05, 3.63) is 0 Å². The third-order valence-corrected chi connectivity index (χ3v) is 1.69. The first-order valence-electron chi connectivity index (χ1n) is 3.63. The minimum Gasteiger partial charge on any atom is -0.395 e. The van der Waals surface area contributed by atoms with Gasteiger partial charge in [-0.1, -0.05) is 0 Å². The maximum absolute atomic E-state index is 8.76. The van der Waals surface area contributed by atoms with Gasteiger partial charge in [-0.25, -0.2) is 0 Å². The summed E-state index contributed by atoms with van der Waals surface area (Å²) in [6.07, 6.45) is 0. The van der Waals surface area contributed by atoms with Crippen LogP contribution in [0.3, 0.4) is 0 Å². The Morgan fingerprint density at radius 2 is 2.20 bits per heavy atom. The molecule has 0 spiro atoms. The van der Waals surface area contributed by atoms with E-state index in [0.29, 0.717) is 0 Å². The van der Waals surface area contributed by atoms with Crippen molar-refractivity contribution in [1.82, 2.24) is 10.6 Å². The van der Waals surface area contributed by atoms with Crippen molar-refractivity contribution in [2.24, 2.45) is 5.73 Å². The maximum atomic E-state index is 8.76. The van der Waals surface area contributed by atoms with Gasteiger partial charge in [0.15, 0.2) is 0 Å². The Labute approximate surface area is 60.8 Å². The summed E-state index contributed by atoms with van der Waals surface area (Å²) in [7, 11) is 0. The van der Waals surface area contributed by atoms with Crippen molar-refractivity contribution in [3.8, 4) is 0 Å². The lowest BCUT2D eigenvalue weighted by Gasteiger charge is -2.11. The molecule has 0 aromatic rings. The number of rotatable bonds is 1. The van der Waals surface area contributed by atoms with Crippen molar-refractivity contribution in [2.45, 2.75) is 12.1 Å². The van der Waals surface area contributed by atoms with Gasteiger partial charge in [-0.05, 0) is 0 Å². The van der Waals surface area contributed by atoms with E-state index in [4.69, 9.17) is 10.8 Å². The molecule has 2 unspecified atom stereocenters. The Bertz CT molecular complexity index is 99.0. The highest BCUT2D eigenvalue weighted by Crippen LogP contribution is 1.86. The van der Waals surface area contributed by atoms with Gasteiger partial charge in [-0.15, -0.1) is 0 Å². The lowest BCUT2D eigenvalue weighted by Crippen LogP contribution is -2.40. The summed E-state index contributed by atoms with van der Waals surface area (Å²) in [5, 5.41) is 15.1. The molecule has 1 rings (SSSR count). The minimum absolute atomic E-state index is 0.175. The quantitative estimate of drug-likeness (QED) is 0.340. The van der Waals surface area contributed by atoms with E-state index in [1.165, 1.54) is 0 Å². The molecule has 1 heterocycles. The molecule has 1 aliphatic heterocycles. The topological polar surface area (TPSA) is 70.3 Å². The Morgan fingerprint density at radius 1 is 1.40 bits per heavy atom. The molecule has 0 aliphatic carbocycles. The van der Waals surface area contributed by atoms with E-state index in [-0.39, 0.29) is 18.7 Å². The van der Waals surface area contributed by atoms with Gasteiger partial charge in [0.2, 0.25) is 0 Å². The van der Waals surface area contributed by atoms with Gasteiger partial charge >= 0.3 is 0 Å². The second kappa shape index (κ2) is 3.88. The summed E-state index contributed by atoms with van der Waals surface area (Å²) in [5.74, 6) is 0. The Hall–Kier alpha value is -0.160. The minimum atomic E-state index is 0.175. The molecule has 4 heteroatoms. The van der Waals surface area contributed by atoms with Crippen LogP contribution in [-0.4, -0.2) is 43.4 Å². The molecule has 0 amide bonds. The summed E-state index contributed by atoms with van der Waals surface area (Å²) in [6.45, 7) is 2.62. The molecule has 0 aromatic heterocycles. The number of hydrogen-bond donors (Lipinski definition) is 4. The molecule has 4 nitrogen and oxygen atoms in total. The van der Waals surface area contributed by atoms with Gasteiger partial charge in [-0.2, -0.15) is 0 Å². The van der Waals surface area contributed by atoms with Gasteiger partial charge in [0.1, 0.15) is 0 Å². The molecule has 5 N–H and O–H groups in total. The fourth-order valence-electron chi connectivity index (χ4n) is 1.03. The highest BCUT2D eigenvalue weighted by Gasteiger charge is 2.12. The first-order valence-corrected chi connectivity index (χ1v) is 3.63. The van der Waals surface area contributed by atoms with Crippen LogP contribution in [0.1, 0.15) is 0 Å². The van der Waals surface area contributed by atoms with Crippen LogP contribution >= 0.6 is 0 Å². The molecule has 1 fully saturated rings. The predicted octanol–water partition coefficient (Wildman–Crippen LogP) is -2.13. The van der Waals surface area contributed by atoms with Crippen molar-refractivity contribution in [3.63, 3.8) is 0 Å². The largest absolute Gasteiger partial charge is 0.395 e. The number of nitrogens with two attached hydrogens (primary N) is 1. The highest BCUT2D eigenvalue weighted by molar-refractivity contribution is 4.79. The number of nitrogens with one attached hydrogen (secondary N) is 2. The van der Waals surface area contributed by atoms with Gasteiger partial charge in [0.05, 0.1) is 6.61 Å². The Kier molecular flexibility index (Phi) is 3.08. The molecular formula is C6H15N3O. The van der Waals surface area contributed by atoms with Crippen LogP contribution in [-0.2, 0) is 0 Å². The molecule has 0 saturated carbocycles. The summed E-state index contributed by atoms with van der Waals surface area (Å²) >= 11 is 0. The molecule has 0 radical (unpaired) electrons. The van der Waals surface area contributed by atoms with Crippen molar-refractivity contribution >= 4 is 0 Å². The van der Waals surface area contributed by atoms with E-state index in [0.717, 1.165) is 19.6 Å². The normalized spacial score (nSPS) is 35.4. The zero-order valence-electron chi connectivity index (χ0n) is 6.01. The lowest BCUT2D eigenvalue weighted by atomic mass is 10.3. The number of aliphatic hydroxyl groups excluding tert-OH is 1. The van der Waals surface area contributed by atoms with Gasteiger partial charge in [-0.3, -0.25) is 0 Å². The highest BCUT2D eigenvalue weighted by atomic mass is 16.3. The third-order valence-electron chi connectivity index (χ3n) is 1.69. The Morgan fingerprint density at radius 3 is 2.90 bits per heavy atom. The second-order valence-corrected chi connectivity index (χ2v) is 2.71. The first-order chi connectivity index (χ1) is 4.83. The van der Waals surface area contributed by atoms with Gasteiger partial charge in [0, 0.05) is 31.7 Å². The molecule has 0 aromatic carbocycles. The molecule has 1 aliphatic rings. The van der Waals surface area contributed by atoms with Crippen molar-refractivity contribution in [1.29, 1.82) is 0 Å². The van der Waals surface area contributed by atoms with E-state index >= 15 is 0 Å². The van der Waals surface area contributed by atoms with Crippen LogP contribution in [0.4, 0.5) is 0 Å². The average molecular weight is 145 g/mol. The SMILES string of the molecule is NC1CNCC(CO)NC1. The van der Waals surface area contributed by atoms with Crippen LogP contribution in [0.15, 0.2) is 0 Å². The second-order valence-electron chi connectivity index (χ2n) is 2.71. The van der Waals surface area contributed by atoms with Crippen LogP contribution in [0.5, 0.6) is 0 Å². The summed E-state index contributed by atoms with van der Waals surface area (Å²) < 4.78 is 0. The Balaban J connectivity index is 2.26. The van der Waals surface area contributed by atoms with Crippen LogP contribution in [0.2, 0.25) is 0 Å². The van der Waals surface area contributed by atoms with Crippen LogP contribution in [0, 0.1) is 0 Å². The molecule has 1 saturated heterocycles. The maximum Gasteiger partial charge on any atom is 0.0597 e. The summed E-state index contributed by atoms with van der Waals surface area (Å²) in [6, 6.07) is 0.352. The zero-order valence-corrected chi connectivity index (χ0v) is 6.01. The van der Waals surface area contributed by atoms with E-state index < -0.39 is 0 Å². The van der Waals surface area contributed by atoms with E-state index in [1.54, 1.807) is 0 Å². The molecule has 10 heavy (non-hydrogen) atoms. The molecule has 2 atom stereocenters. The first kappa shape index (κ1) is 7.94. The van der Waals surface area contributed by atoms with Gasteiger partial charge in [0.25, 0.3) is 0 Å². The summed E-state index contributed by atoms with van der Waals surface area (Å²) in [5.41, 5.74) is 5.65. The fraction of sp³-hybridized carbons (Fsp3) is 1.00. The number of aliphatic hydroxyl groups is 1. The third kappa shape index (κ3) is 2.22. The monoisotopic (exact) mass is 145 g/mol. The smallest absolute Gasteiger partial charge is 0.0597 e. The van der Waals surface area contributed by atoms with Crippen molar-refractivity contribution in [2.75, 3.05) is 26.2 Å². The van der Waals surface area contributed by atoms with E-state index in [2.05, 4.69) is 10.6 Å². The van der Waals surface area contributed by atoms with Crippen molar-refractivity contribution < 1.29 is 5.11 Å². The van der Waals surface area contributed by atoms with Crippen LogP contribution in [0.25, 0.3) is 0 Å². The van der Waals surface area contributed by atoms with Gasteiger partial charge < -0.3 is 21.5 Å². The van der Waals surface area contributed by atoms with E-state index in [1.807, 2.05) is 0 Å². The predicted molar refractivity (Wildman–Crippen MR) is 39.7 cm³/mol. The standard InChI is InChI=1S/C6H15N3O/c7-5-1-8-3-6(4-10)9-2-5/h5-6,8-10H,1-4,7H2.